The number of hydrogen-bond donors (Lipinski definition) is 1. The molecule has 0 radical (unpaired) electrons. The zero-order valence-corrected chi connectivity index (χ0v) is 12.1. The molecule has 1 aromatic rings. The topological polar surface area (TPSA) is 98.5 Å². The number of aliphatic carboxylic acids is 1. The van der Waals surface area contributed by atoms with Gasteiger partial charge in [-0.1, -0.05) is 12.1 Å². The van der Waals surface area contributed by atoms with Crippen LogP contribution in [0.25, 0.3) is 0 Å². The van der Waals surface area contributed by atoms with Gasteiger partial charge in [0.05, 0.1) is 23.8 Å². The van der Waals surface area contributed by atoms with Crippen LogP contribution in [-0.4, -0.2) is 36.9 Å². The maximum absolute atomic E-state index is 12.3. The SMILES string of the molecule is CC(CC#N)N(C)S(=O)(=O)c1ccc(CC(=O)O)cc1. The summed E-state index contributed by atoms with van der Waals surface area (Å²) in [4.78, 5) is 10.6. The van der Waals surface area contributed by atoms with Crippen molar-refractivity contribution in [1.29, 1.82) is 5.26 Å². The Bertz CT molecular complexity index is 617. The lowest BCUT2D eigenvalue weighted by Gasteiger charge is -2.22. The van der Waals surface area contributed by atoms with E-state index in [9.17, 15) is 13.2 Å². The van der Waals surface area contributed by atoms with Gasteiger partial charge in [-0.2, -0.15) is 9.57 Å². The summed E-state index contributed by atoms with van der Waals surface area (Å²) >= 11 is 0. The summed E-state index contributed by atoms with van der Waals surface area (Å²) in [5.41, 5.74) is 0.532. The van der Waals surface area contributed by atoms with Gasteiger partial charge in [-0.25, -0.2) is 8.42 Å². The number of benzene rings is 1. The molecule has 1 atom stereocenters. The number of sulfonamides is 1. The van der Waals surface area contributed by atoms with Crippen LogP contribution < -0.4 is 0 Å². The first-order valence-electron chi connectivity index (χ1n) is 5.94. The Kier molecular flexibility index (Phi) is 5.25. The van der Waals surface area contributed by atoms with Crippen molar-refractivity contribution in [3.8, 4) is 6.07 Å². The van der Waals surface area contributed by atoms with Gasteiger partial charge < -0.3 is 5.11 Å². The highest BCUT2D eigenvalue weighted by Gasteiger charge is 2.25. The molecule has 0 saturated heterocycles. The lowest BCUT2D eigenvalue weighted by Crippen LogP contribution is -2.34. The monoisotopic (exact) mass is 296 g/mol. The highest BCUT2D eigenvalue weighted by Crippen LogP contribution is 2.18. The Balaban J connectivity index is 2.99. The Morgan fingerprint density at radius 1 is 1.40 bits per heavy atom. The predicted octanol–water partition coefficient (Wildman–Crippen LogP) is 1.24. The maximum Gasteiger partial charge on any atom is 0.307 e. The third kappa shape index (κ3) is 3.79. The largest absolute Gasteiger partial charge is 0.481 e. The minimum absolute atomic E-state index is 0.0823. The van der Waals surface area contributed by atoms with Crippen LogP contribution in [-0.2, 0) is 21.2 Å². The number of carboxylic acids is 1. The Morgan fingerprint density at radius 3 is 2.40 bits per heavy atom. The summed E-state index contributed by atoms with van der Waals surface area (Å²) in [5, 5.41) is 17.3. The van der Waals surface area contributed by atoms with Crippen molar-refractivity contribution in [3.05, 3.63) is 29.8 Å². The van der Waals surface area contributed by atoms with Gasteiger partial charge >= 0.3 is 5.97 Å². The molecule has 1 aromatic carbocycles. The van der Waals surface area contributed by atoms with Crippen LogP contribution in [0.1, 0.15) is 18.9 Å². The van der Waals surface area contributed by atoms with E-state index in [2.05, 4.69) is 0 Å². The number of nitrogens with zero attached hydrogens (tertiary/aromatic N) is 2. The molecule has 0 fully saturated rings. The zero-order chi connectivity index (χ0) is 15.3. The molecule has 6 nitrogen and oxygen atoms in total. The molecule has 20 heavy (non-hydrogen) atoms. The van der Waals surface area contributed by atoms with Crippen molar-refractivity contribution in [1.82, 2.24) is 4.31 Å². The number of nitriles is 1. The van der Waals surface area contributed by atoms with E-state index in [0.29, 0.717) is 5.56 Å². The third-order valence-electron chi connectivity index (χ3n) is 2.96. The molecule has 0 saturated carbocycles. The zero-order valence-electron chi connectivity index (χ0n) is 11.3. The van der Waals surface area contributed by atoms with E-state index < -0.39 is 22.0 Å². The molecule has 0 aliphatic rings. The maximum atomic E-state index is 12.3. The second kappa shape index (κ2) is 6.50. The predicted molar refractivity (Wildman–Crippen MR) is 72.4 cm³/mol. The van der Waals surface area contributed by atoms with E-state index in [1.165, 1.54) is 31.3 Å². The first-order valence-corrected chi connectivity index (χ1v) is 7.38. The summed E-state index contributed by atoms with van der Waals surface area (Å²) in [5.74, 6) is -0.972. The highest BCUT2D eigenvalue weighted by molar-refractivity contribution is 7.89. The molecule has 7 heteroatoms. The van der Waals surface area contributed by atoms with Crippen LogP contribution in [0.15, 0.2) is 29.2 Å². The lowest BCUT2D eigenvalue weighted by atomic mass is 10.2. The molecule has 0 heterocycles. The molecule has 1 unspecified atom stereocenters. The summed E-state index contributed by atoms with van der Waals surface area (Å²) in [7, 11) is -2.25. The molecule has 0 aliphatic carbocycles. The molecule has 108 valence electrons. The van der Waals surface area contributed by atoms with Crippen molar-refractivity contribution < 1.29 is 18.3 Å². The van der Waals surface area contributed by atoms with Gasteiger partial charge in [-0.3, -0.25) is 4.79 Å². The fourth-order valence-electron chi connectivity index (χ4n) is 1.62. The first-order chi connectivity index (χ1) is 9.28. The van der Waals surface area contributed by atoms with Gasteiger partial charge in [-0.15, -0.1) is 0 Å². The lowest BCUT2D eigenvalue weighted by molar-refractivity contribution is -0.136. The van der Waals surface area contributed by atoms with Gasteiger partial charge in [0.15, 0.2) is 0 Å². The van der Waals surface area contributed by atoms with E-state index in [1.807, 2.05) is 6.07 Å². The molecule has 0 bridgehead atoms. The molecule has 0 spiro atoms. The quantitative estimate of drug-likeness (QED) is 0.851. The normalized spacial score (nSPS) is 12.9. The number of carbonyl (C=O) groups is 1. The minimum atomic E-state index is -3.67. The van der Waals surface area contributed by atoms with E-state index in [1.54, 1.807) is 6.92 Å². The molecule has 0 aromatic heterocycles. The third-order valence-corrected chi connectivity index (χ3v) is 4.95. The van der Waals surface area contributed by atoms with Gasteiger partial charge in [-0.05, 0) is 24.6 Å². The number of hydrogen-bond acceptors (Lipinski definition) is 4. The van der Waals surface area contributed by atoms with E-state index in [0.717, 1.165) is 4.31 Å². The van der Waals surface area contributed by atoms with Crippen molar-refractivity contribution in [2.75, 3.05) is 7.05 Å². The Morgan fingerprint density at radius 2 is 1.95 bits per heavy atom. The average molecular weight is 296 g/mol. The van der Waals surface area contributed by atoms with Crippen molar-refractivity contribution in [2.24, 2.45) is 0 Å². The van der Waals surface area contributed by atoms with E-state index in [4.69, 9.17) is 10.4 Å². The molecular formula is C13H16N2O4S. The molecule has 0 amide bonds. The van der Waals surface area contributed by atoms with Crippen LogP contribution >= 0.6 is 0 Å². The fraction of sp³-hybridized carbons (Fsp3) is 0.385. The van der Waals surface area contributed by atoms with Crippen molar-refractivity contribution in [2.45, 2.75) is 30.7 Å². The fourth-order valence-corrected chi connectivity index (χ4v) is 2.98. The van der Waals surface area contributed by atoms with Crippen LogP contribution in [0.5, 0.6) is 0 Å². The summed E-state index contributed by atoms with van der Waals surface area (Å²) in [6.45, 7) is 1.65. The molecule has 0 aliphatic heterocycles. The summed E-state index contributed by atoms with van der Waals surface area (Å²) in [6.07, 6.45) is -0.0478. The summed E-state index contributed by atoms with van der Waals surface area (Å²) < 4.78 is 25.7. The number of rotatable bonds is 6. The first kappa shape index (κ1) is 16.1. The van der Waals surface area contributed by atoms with E-state index in [-0.39, 0.29) is 17.7 Å². The van der Waals surface area contributed by atoms with Crippen LogP contribution in [0, 0.1) is 11.3 Å². The van der Waals surface area contributed by atoms with Gasteiger partial charge in [0.2, 0.25) is 10.0 Å². The van der Waals surface area contributed by atoms with Crippen molar-refractivity contribution in [3.63, 3.8) is 0 Å². The Labute approximate surface area is 118 Å². The van der Waals surface area contributed by atoms with Gasteiger partial charge in [0.1, 0.15) is 0 Å². The summed E-state index contributed by atoms with van der Waals surface area (Å²) in [6, 6.07) is 7.21. The van der Waals surface area contributed by atoms with E-state index >= 15 is 0 Å². The van der Waals surface area contributed by atoms with Crippen LogP contribution in [0.2, 0.25) is 0 Å². The number of carboxylic acid groups (broad SMARTS) is 1. The van der Waals surface area contributed by atoms with Crippen LogP contribution in [0.4, 0.5) is 0 Å². The average Bonchev–Trinajstić information content (AvgIpc) is 2.38. The van der Waals surface area contributed by atoms with Crippen LogP contribution in [0.3, 0.4) is 0 Å². The van der Waals surface area contributed by atoms with Gasteiger partial charge in [0, 0.05) is 13.1 Å². The second-order valence-corrected chi connectivity index (χ2v) is 6.44. The van der Waals surface area contributed by atoms with Gasteiger partial charge in [0.25, 0.3) is 0 Å². The standard InChI is InChI=1S/C13H16N2O4S/c1-10(7-8-14)15(2)20(18,19)12-5-3-11(4-6-12)9-13(16)17/h3-6,10H,7,9H2,1-2H3,(H,16,17). The van der Waals surface area contributed by atoms with Crippen molar-refractivity contribution >= 4 is 16.0 Å². The molecule has 1 rings (SSSR count). The smallest absolute Gasteiger partial charge is 0.307 e. The molecule has 1 N–H and O–H groups in total. The highest BCUT2D eigenvalue weighted by atomic mass is 32.2. The minimum Gasteiger partial charge on any atom is -0.481 e. The Hall–Kier alpha value is -1.91. The second-order valence-electron chi connectivity index (χ2n) is 4.45. The molecular weight excluding hydrogens is 280 g/mol.